The molecule has 0 aliphatic heterocycles. The van der Waals surface area contributed by atoms with E-state index < -0.39 is 19.1 Å². The standard InChI is InChI=1S/4CH3.2O.Ti/h4*1H3;;;/q4*-1;;;. The predicted octanol–water partition coefficient (Wildman–Crippen LogP) is 1.56. The molecule has 0 N–H and O–H groups in total. The van der Waals surface area contributed by atoms with Crippen LogP contribution in [0.3, 0.4) is 0 Å². The molecule has 0 heterocycles. The Hall–Kier alpha value is 0.314. The van der Waals surface area contributed by atoms with Crippen molar-refractivity contribution < 1.29 is 25.7 Å². The topological polar surface area (TPSA) is 34.1 Å². The fourth-order valence-electron chi connectivity index (χ4n) is 0. The van der Waals surface area contributed by atoms with Crippen molar-refractivity contribution in [1.29, 1.82) is 0 Å². The molecule has 0 aromatic carbocycles. The van der Waals surface area contributed by atoms with Gasteiger partial charge < -0.3 is 29.7 Å². The first-order chi connectivity index (χ1) is 1.41. The summed E-state index contributed by atoms with van der Waals surface area (Å²) in [6, 6.07) is 0. The molecule has 0 radical (unpaired) electrons. The molecule has 0 spiro atoms. The van der Waals surface area contributed by atoms with E-state index in [-0.39, 0.29) is 29.7 Å². The van der Waals surface area contributed by atoms with E-state index >= 15 is 0 Å². The van der Waals surface area contributed by atoms with Crippen molar-refractivity contribution in [2.75, 3.05) is 0 Å². The van der Waals surface area contributed by atoms with Crippen molar-refractivity contribution >= 4 is 0 Å². The average Bonchev–Trinajstić information content (AvgIpc) is 0.918. The minimum absolute atomic E-state index is 0. The van der Waals surface area contributed by atoms with E-state index in [1.165, 1.54) is 0 Å². The molecule has 0 unspecified atom stereocenters. The van der Waals surface area contributed by atoms with Crippen LogP contribution in [0.1, 0.15) is 0 Å². The first-order valence-corrected chi connectivity index (χ1v) is 1.68. The molecule has 0 rings (SSSR count). The summed E-state index contributed by atoms with van der Waals surface area (Å²) < 4.78 is 17.0. The molecule has 0 aromatic heterocycles. The molecule has 0 aromatic rings. The number of hydrogen-bond donors (Lipinski definition) is 0. The molecule has 0 aliphatic carbocycles. The van der Waals surface area contributed by atoms with Crippen LogP contribution in [0.25, 0.3) is 0 Å². The quantitative estimate of drug-likeness (QED) is 0.378. The Morgan fingerprint density at radius 1 is 0.714 bits per heavy atom. The van der Waals surface area contributed by atoms with Crippen LogP contribution < -0.4 is 0 Å². The van der Waals surface area contributed by atoms with Gasteiger partial charge in [-0.2, -0.15) is 0 Å². The molecule has 0 atom stereocenters. The molecule has 3 heteroatoms. The van der Waals surface area contributed by atoms with Crippen LogP contribution in [0.2, 0.25) is 0 Å². The molecule has 0 fully saturated rings. The molecular weight excluding hydrogens is 128 g/mol. The van der Waals surface area contributed by atoms with Crippen LogP contribution in [0.15, 0.2) is 0 Å². The van der Waals surface area contributed by atoms with Crippen molar-refractivity contribution in [2.24, 2.45) is 0 Å². The van der Waals surface area contributed by atoms with E-state index in [2.05, 4.69) is 0 Å². The van der Waals surface area contributed by atoms with E-state index in [9.17, 15) is 0 Å². The van der Waals surface area contributed by atoms with Crippen molar-refractivity contribution in [1.82, 2.24) is 0 Å². The van der Waals surface area contributed by atoms with Gasteiger partial charge in [-0.1, -0.05) is 0 Å². The zero-order valence-electron chi connectivity index (χ0n) is 5.32. The third kappa shape index (κ3) is 1190. The summed E-state index contributed by atoms with van der Waals surface area (Å²) in [6.07, 6.45) is 0. The summed E-state index contributed by atoms with van der Waals surface area (Å²) in [4.78, 5) is 0. The van der Waals surface area contributed by atoms with Crippen LogP contribution in [-0.2, 0) is 25.7 Å². The zero-order valence-corrected chi connectivity index (χ0v) is 6.88. The van der Waals surface area contributed by atoms with Crippen LogP contribution in [0.5, 0.6) is 0 Å². The van der Waals surface area contributed by atoms with Crippen molar-refractivity contribution in [2.45, 2.75) is 0 Å². The fraction of sp³-hybridized carbons (Fsp3) is 0. The second kappa shape index (κ2) is 103. The van der Waals surface area contributed by atoms with Gasteiger partial charge in [0, 0.05) is 0 Å². The second-order valence-corrected chi connectivity index (χ2v) is 0.344. The summed E-state index contributed by atoms with van der Waals surface area (Å²) >= 11 is -2.00. The first kappa shape index (κ1) is 54.4. The van der Waals surface area contributed by atoms with Crippen molar-refractivity contribution in [3.8, 4) is 0 Å². The van der Waals surface area contributed by atoms with Crippen LogP contribution in [0.4, 0.5) is 0 Å². The molecule has 48 valence electrons. The van der Waals surface area contributed by atoms with E-state index in [0.717, 1.165) is 0 Å². The van der Waals surface area contributed by atoms with E-state index in [1.54, 1.807) is 0 Å². The molecule has 2 nitrogen and oxygen atoms in total. The van der Waals surface area contributed by atoms with E-state index in [4.69, 9.17) is 6.65 Å². The van der Waals surface area contributed by atoms with Gasteiger partial charge in [0.15, 0.2) is 0 Å². The Bertz CT molecular complexity index is 30.7. The van der Waals surface area contributed by atoms with Gasteiger partial charge in [-0.3, -0.25) is 0 Å². The van der Waals surface area contributed by atoms with Crippen LogP contribution in [-0.4, -0.2) is 0 Å². The summed E-state index contributed by atoms with van der Waals surface area (Å²) in [5.74, 6) is 0. The molecule has 7 heavy (non-hydrogen) atoms. The van der Waals surface area contributed by atoms with Crippen LogP contribution >= 0.6 is 0 Å². The third-order valence-corrected chi connectivity index (χ3v) is 0. The Morgan fingerprint density at radius 3 is 0.714 bits per heavy atom. The molecule has 0 saturated carbocycles. The van der Waals surface area contributed by atoms with Gasteiger partial charge in [0.05, 0.1) is 0 Å². The summed E-state index contributed by atoms with van der Waals surface area (Å²) in [5.41, 5.74) is 0. The van der Waals surface area contributed by atoms with Gasteiger partial charge in [-0.15, -0.1) is 0 Å². The van der Waals surface area contributed by atoms with Crippen LogP contribution in [0, 0.1) is 29.7 Å². The van der Waals surface area contributed by atoms with E-state index in [0.29, 0.717) is 0 Å². The monoisotopic (exact) mass is 140 g/mol. The Morgan fingerprint density at radius 2 is 0.714 bits per heavy atom. The van der Waals surface area contributed by atoms with Crippen molar-refractivity contribution in [3.63, 3.8) is 0 Å². The van der Waals surface area contributed by atoms with Gasteiger partial charge in [-0.05, 0) is 0 Å². The Balaban J connectivity index is -0.00000000333. The molecule has 0 bridgehead atoms. The molecule has 0 amide bonds. The van der Waals surface area contributed by atoms with Gasteiger partial charge in [-0.25, -0.2) is 0 Å². The third-order valence-electron chi connectivity index (χ3n) is 0. The molecule has 0 saturated heterocycles. The number of hydrogen-bond acceptors (Lipinski definition) is 2. The van der Waals surface area contributed by atoms with Crippen molar-refractivity contribution in [3.05, 3.63) is 29.7 Å². The maximum absolute atomic E-state index is 8.50. The van der Waals surface area contributed by atoms with Gasteiger partial charge in [0.2, 0.25) is 0 Å². The summed E-state index contributed by atoms with van der Waals surface area (Å²) in [6.45, 7) is 0. The Labute approximate surface area is 55.9 Å². The summed E-state index contributed by atoms with van der Waals surface area (Å²) in [7, 11) is 0. The average molecular weight is 140 g/mol. The number of rotatable bonds is 0. The zero-order chi connectivity index (χ0) is 2.71. The van der Waals surface area contributed by atoms with Gasteiger partial charge in [0.25, 0.3) is 0 Å². The Kier molecular flexibility index (Phi) is 803. The maximum atomic E-state index is 8.50. The first-order valence-electron chi connectivity index (χ1n) is 0.408. The molecular formula is C4H12O2Ti-4. The SMILES string of the molecule is [CH3-].[CH3-].[CH3-].[CH3-].[O]=[Ti]=[O]. The minimum atomic E-state index is -2.00. The summed E-state index contributed by atoms with van der Waals surface area (Å²) in [5, 5.41) is 0. The second-order valence-electron chi connectivity index (χ2n) is 0.0833. The van der Waals surface area contributed by atoms with Gasteiger partial charge >= 0.3 is 25.7 Å². The molecule has 0 aliphatic rings. The van der Waals surface area contributed by atoms with E-state index in [1.807, 2.05) is 0 Å². The fourth-order valence-corrected chi connectivity index (χ4v) is 0. The normalized spacial score (nSPS) is 1.14. The van der Waals surface area contributed by atoms with Gasteiger partial charge in [0.1, 0.15) is 0 Å². The predicted molar refractivity (Wildman–Crippen MR) is 27.0 cm³/mol.